The molecule has 0 saturated heterocycles. The Labute approximate surface area is 170 Å². The van der Waals surface area contributed by atoms with Gasteiger partial charge in [-0.1, -0.05) is 43.0 Å². The molecule has 144 valence electrons. The van der Waals surface area contributed by atoms with E-state index in [4.69, 9.17) is 21.7 Å². The van der Waals surface area contributed by atoms with E-state index in [0.717, 1.165) is 16.9 Å². The van der Waals surface area contributed by atoms with Gasteiger partial charge in [-0.3, -0.25) is 4.90 Å². The molecule has 0 spiro atoms. The number of hydrogen-bond acceptors (Lipinski definition) is 4. The van der Waals surface area contributed by atoms with E-state index in [-0.39, 0.29) is 0 Å². The van der Waals surface area contributed by atoms with E-state index in [2.05, 4.69) is 11.9 Å². The minimum Gasteiger partial charge on any atom is -0.490 e. The Morgan fingerprint density at radius 3 is 2.68 bits per heavy atom. The first-order valence-corrected chi connectivity index (χ1v) is 9.26. The highest BCUT2D eigenvalue weighted by Gasteiger charge is 2.35. The zero-order chi connectivity index (χ0) is 20.1. The first-order chi connectivity index (χ1) is 13.6. The Bertz CT molecular complexity index is 924. The molecule has 1 heterocycles. The Balaban J connectivity index is 2.07. The molecule has 2 aromatic rings. The van der Waals surface area contributed by atoms with Gasteiger partial charge < -0.3 is 14.8 Å². The fraction of sp³-hybridized carbons (Fsp3) is 0.182. The molecule has 6 heteroatoms. The molecule has 0 bridgehead atoms. The van der Waals surface area contributed by atoms with Gasteiger partial charge in [0.1, 0.15) is 12.4 Å². The molecule has 0 radical (unpaired) electrons. The number of nitrogens with zero attached hydrogens (tertiary/aromatic N) is 1. The van der Waals surface area contributed by atoms with Crippen molar-refractivity contribution in [3.05, 3.63) is 84.1 Å². The third kappa shape index (κ3) is 3.92. The van der Waals surface area contributed by atoms with Crippen LogP contribution in [-0.4, -0.2) is 24.8 Å². The van der Waals surface area contributed by atoms with E-state index in [1.165, 1.54) is 7.11 Å². The molecule has 1 atom stereocenters. The number of anilines is 1. The van der Waals surface area contributed by atoms with Gasteiger partial charge in [-0.05, 0) is 49.0 Å². The average molecular weight is 394 g/mol. The average Bonchev–Trinajstić information content (AvgIpc) is 2.72. The van der Waals surface area contributed by atoms with Crippen LogP contribution in [0.1, 0.15) is 18.5 Å². The molecular weight excluding hydrogens is 372 g/mol. The normalized spacial score (nSPS) is 16.4. The molecule has 1 aliphatic heterocycles. The summed E-state index contributed by atoms with van der Waals surface area (Å²) in [5.74, 6) is 0.285. The summed E-state index contributed by atoms with van der Waals surface area (Å²) in [6.45, 7) is 5.94. The van der Waals surface area contributed by atoms with Gasteiger partial charge in [0.05, 0.1) is 18.7 Å². The van der Waals surface area contributed by atoms with E-state index in [0.29, 0.717) is 23.0 Å². The van der Waals surface area contributed by atoms with E-state index >= 15 is 0 Å². The number of ether oxygens (including phenoxy) is 2. The second kappa shape index (κ2) is 8.71. The summed E-state index contributed by atoms with van der Waals surface area (Å²) in [5, 5.41) is 3.80. The predicted octanol–water partition coefficient (Wildman–Crippen LogP) is 4.13. The number of allylic oxidation sites excluding steroid dienone is 1. The van der Waals surface area contributed by atoms with Crippen LogP contribution in [-0.2, 0) is 9.53 Å². The van der Waals surface area contributed by atoms with Gasteiger partial charge in [0, 0.05) is 11.4 Å². The number of benzene rings is 2. The minimum atomic E-state index is -0.438. The molecule has 0 aromatic heterocycles. The van der Waals surface area contributed by atoms with Crippen LogP contribution >= 0.6 is 12.2 Å². The molecule has 3 rings (SSSR count). The van der Waals surface area contributed by atoms with Gasteiger partial charge in [0.2, 0.25) is 0 Å². The van der Waals surface area contributed by atoms with Crippen molar-refractivity contribution >= 4 is 29.0 Å². The first kappa shape index (κ1) is 19.6. The van der Waals surface area contributed by atoms with Crippen molar-refractivity contribution in [2.75, 3.05) is 18.6 Å². The molecule has 0 saturated carbocycles. The number of carbonyl (C=O) groups is 1. The summed E-state index contributed by atoms with van der Waals surface area (Å²) >= 11 is 5.63. The van der Waals surface area contributed by atoms with Gasteiger partial charge in [-0.2, -0.15) is 0 Å². The zero-order valence-corrected chi connectivity index (χ0v) is 16.7. The Hall–Kier alpha value is -3.12. The molecule has 0 fully saturated rings. The van der Waals surface area contributed by atoms with Crippen molar-refractivity contribution in [3.63, 3.8) is 0 Å². The Morgan fingerprint density at radius 2 is 2.00 bits per heavy atom. The van der Waals surface area contributed by atoms with E-state index in [1.54, 1.807) is 6.08 Å². The SMILES string of the molecule is C=CCOc1cccc([C@@H]2NC(=S)N(c3ccccc3)C(C)=C2C(=O)OC)c1. The highest BCUT2D eigenvalue weighted by Crippen LogP contribution is 2.35. The van der Waals surface area contributed by atoms with Crippen LogP contribution in [0.2, 0.25) is 0 Å². The van der Waals surface area contributed by atoms with Crippen LogP contribution in [0.4, 0.5) is 5.69 Å². The van der Waals surface area contributed by atoms with Gasteiger partial charge in [0.15, 0.2) is 5.11 Å². The number of methoxy groups -OCH3 is 1. The summed E-state index contributed by atoms with van der Waals surface area (Å²) in [4.78, 5) is 14.5. The lowest BCUT2D eigenvalue weighted by molar-refractivity contribution is -0.136. The topological polar surface area (TPSA) is 50.8 Å². The predicted molar refractivity (Wildman–Crippen MR) is 114 cm³/mol. The zero-order valence-electron chi connectivity index (χ0n) is 15.8. The van der Waals surface area contributed by atoms with Crippen LogP contribution in [0, 0.1) is 0 Å². The minimum absolute atomic E-state index is 0.403. The van der Waals surface area contributed by atoms with Crippen molar-refractivity contribution in [1.82, 2.24) is 5.32 Å². The molecule has 1 N–H and O–H groups in total. The fourth-order valence-corrected chi connectivity index (χ4v) is 3.55. The van der Waals surface area contributed by atoms with Gasteiger partial charge in [0.25, 0.3) is 0 Å². The van der Waals surface area contributed by atoms with Crippen LogP contribution in [0.3, 0.4) is 0 Å². The van der Waals surface area contributed by atoms with Gasteiger partial charge in [-0.25, -0.2) is 4.79 Å². The number of hydrogen-bond donors (Lipinski definition) is 1. The van der Waals surface area contributed by atoms with Gasteiger partial charge >= 0.3 is 5.97 Å². The summed E-state index contributed by atoms with van der Waals surface area (Å²) in [6, 6.07) is 16.8. The van der Waals surface area contributed by atoms with E-state index < -0.39 is 12.0 Å². The molecule has 28 heavy (non-hydrogen) atoms. The number of carbonyl (C=O) groups excluding carboxylic acids is 1. The summed E-state index contributed by atoms with van der Waals surface area (Å²) in [7, 11) is 1.38. The molecule has 5 nitrogen and oxygen atoms in total. The third-order valence-electron chi connectivity index (χ3n) is 4.46. The lowest BCUT2D eigenvalue weighted by Crippen LogP contribution is -2.48. The maximum absolute atomic E-state index is 12.7. The van der Waals surface area contributed by atoms with Crippen molar-refractivity contribution in [1.29, 1.82) is 0 Å². The van der Waals surface area contributed by atoms with Crippen LogP contribution in [0.15, 0.2) is 78.5 Å². The van der Waals surface area contributed by atoms with Gasteiger partial charge in [-0.15, -0.1) is 0 Å². The monoisotopic (exact) mass is 394 g/mol. The number of nitrogens with one attached hydrogen (secondary N) is 1. The maximum atomic E-state index is 12.7. The largest absolute Gasteiger partial charge is 0.490 e. The molecule has 0 amide bonds. The Morgan fingerprint density at radius 1 is 1.25 bits per heavy atom. The molecular formula is C22H22N2O3S. The fourth-order valence-electron chi connectivity index (χ4n) is 3.19. The second-order valence-corrected chi connectivity index (χ2v) is 6.60. The highest BCUT2D eigenvalue weighted by molar-refractivity contribution is 7.80. The number of rotatable bonds is 6. The lowest BCUT2D eigenvalue weighted by Gasteiger charge is -2.37. The highest BCUT2D eigenvalue weighted by atomic mass is 32.1. The molecule has 0 unspecified atom stereocenters. The maximum Gasteiger partial charge on any atom is 0.337 e. The lowest BCUT2D eigenvalue weighted by atomic mass is 9.94. The molecule has 1 aliphatic rings. The second-order valence-electron chi connectivity index (χ2n) is 6.22. The molecule has 2 aromatic carbocycles. The Kier molecular flexibility index (Phi) is 6.11. The van der Waals surface area contributed by atoms with E-state index in [9.17, 15) is 4.79 Å². The van der Waals surface area contributed by atoms with Crippen molar-refractivity contribution in [3.8, 4) is 5.75 Å². The van der Waals surface area contributed by atoms with Crippen molar-refractivity contribution < 1.29 is 14.3 Å². The first-order valence-electron chi connectivity index (χ1n) is 8.85. The number of para-hydroxylation sites is 1. The van der Waals surface area contributed by atoms with Crippen molar-refractivity contribution in [2.24, 2.45) is 0 Å². The third-order valence-corrected chi connectivity index (χ3v) is 4.76. The summed E-state index contributed by atoms with van der Waals surface area (Å²) in [5.41, 5.74) is 2.96. The quantitative estimate of drug-likeness (QED) is 0.452. The van der Waals surface area contributed by atoms with E-state index in [1.807, 2.05) is 66.4 Å². The van der Waals surface area contributed by atoms with Crippen molar-refractivity contribution in [2.45, 2.75) is 13.0 Å². The number of esters is 1. The number of thiocarbonyl (C=S) groups is 1. The van der Waals surface area contributed by atoms with Crippen LogP contribution in [0.5, 0.6) is 5.75 Å². The standard InChI is InChI=1S/C22H22N2O3S/c1-4-13-27-18-12-8-9-16(14-18)20-19(21(25)26-3)15(2)24(22(28)23-20)17-10-6-5-7-11-17/h4-12,14,20H,1,13H2,2-3H3,(H,23,28)/t20-/m0/s1. The van der Waals surface area contributed by atoms with Crippen LogP contribution < -0.4 is 15.0 Å². The summed E-state index contributed by atoms with van der Waals surface area (Å²) in [6.07, 6.45) is 1.68. The summed E-state index contributed by atoms with van der Waals surface area (Å²) < 4.78 is 10.7. The molecule has 0 aliphatic carbocycles. The smallest absolute Gasteiger partial charge is 0.337 e. The van der Waals surface area contributed by atoms with Crippen LogP contribution in [0.25, 0.3) is 0 Å².